The molecule has 0 amide bonds. The van der Waals surface area contributed by atoms with Crippen molar-refractivity contribution in [1.29, 1.82) is 0 Å². The monoisotopic (exact) mass is 474 g/mol. The molecular weight excluding hydrogens is 439 g/mol. The van der Waals surface area contributed by atoms with Gasteiger partial charge in [-0.25, -0.2) is 4.99 Å². The number of halogens is 1. The fourth-order valence-electron chi connectivity index (χ4n) is 2.66. The van der Waals surface area contributed by atoms with Crippen LogP contribution in [-0.2, 0) is 6.54 Å². The second-order valence-electron chi connectivity index (χ2n) is 7.16. The molecule has 6 heteroatoms. The Morgan fingerprint density at radius 3 is 2.58 bits per heavy atom. The minimum absolute atomic E-state index is 0. The number of nitrogens with zero attached hydrogens (tertiary/aromatic N) is 2. The molecule has 0 unspecified atom stereocenters. The van der Waals surface area contributed by atoms with Crippen LogP contribution in [0.25, 0.3) is 0 Å². The van der Waals surface area contributed by atoms with Gasteiger partial charge in [-0.2, -0.15) is 0 Å². The molecule has 0 bridgehead atoms. The number of nitrogens with one attached hydrogen (secondary N) is 2. The second kappa shape index (κ2) is 13.0. The fraction of sp³-hybridized carbons (Fsp3) is 0.550. The summed E-state index contributed by atoms with van der Waals surface area (Å²) in [5.41, 5.74) is 1.22. The Bertz CT molecular complexity index is 558. The molecule has 1 aromatic rings. The van der Waals surface area contributed by atoms with E-state index in [1.807, 2.05) is 24.3 Å². The first-order chi connectivity index (χ1) is 11.9. The maximum atomic E-state index is 5.70. The van der Waals surface area contributed by atoms with Gasteiger partial charge >= 0.3 is 0 Å². The number of hydrogen-bond donors (Lipinski definition) is 2. The number of guanidine groups is 1. The third-order valence-electron chi connectivity index (χ3n) is 3.56. The van der Waals surface area contributed by atoms with Gasteiger partial charge in [0.1, 0.15) is 12.4 Å². The predicted molar refractivity (Wildman–Crippen MR) is 123 cm³/mol. The zero-order chi connectivity index (χ0) is 18.7. The van der Waals surface area contributed by atoms with Crippen molar-refractivity contribution in [1.82, 2.24) is 15.5 Å². The summed E-state index contributed by atoms with van der Waals surface area (Å²) >= 11 is 0. The first-order valence-corrected chi connectivity index (χ1v) is 8.86. The van der Waals surface area contributed by atoms with E-state index in [0.29, 0.717) is 13.2 Å². The standard InChI is InChI=1S/C20H34N4O.HI/c1-7-13-25-18-12-10-9-11-17(18)14-22-19(21-8-2)23-15-20(3,4)16-24(5)6;/h7,9-12H,1,8,13-16H2,2-6H3,(H2,21,22,23);1H. The van der Waals surface area contributed by atoms with Gasteiger partial charge < -0.3 is 20.3 Å². The first kappa shape index (κ1) is 24.7. The van der Waals surface area contributed by atoms with Gasteiger partial charge in [-0.1, -0.05) is 44.7 Å². The van der Waals surface area contributed by atoms with Crippen molar-refractivity contribution in [2.45, 2.75) is 27.3 Å². The van der Waals surface area contributed by atoms with Crippen molar-refractivity contribution >= 4 is 29.9 Å². The van der Waals surface area contributed by atoms with Crippen LogP contribution in [0.1, 0.15) is 26.3 Å². The van der Waals surface area contributed by atoms with Gasteiger partial charge in [0.2, 0.25) is 0 Å². The van der Waals surface area contributed by atoms with Gasteiger partial charge in [0.15, 0.2) is 5.96 Å². The lowest BCUT2D eigenvalue weighted by atomic mass is 9.93. The summed E-state index contributed by atoms with van der Waals surface area (Å²) in [5, 5.41) is 6.76. The molecule has 1 aromatic carbocycles. The minimum Gasteiger partial charge on any atom is -0.489 e. The summed E-state index contributed by atoms with van der Waals surface area (Å²) in [6, 6.07) is 7.99. The van der Waals surface area contributed by atoms with Crippen molar-refractivity contribution in [3.8, 4) is 5.75 Å². The predicted octanol–water partition coefficient (Wildman–Crippen LogP) is 3.51. The van der Waals surface area contributed by atoms with Crippen molar-refractivity contribution in [2.75, 3.05) is 40.3 Å². The van der Waals surface area contributed by atoms with Crippen LogP contribution >= 0.6 is 24.0 Å². The Morgan fingerprint density at radius 2 is 1.96 bits per heavy atom. The van der Waals surface area contributed by atoms with Crippen LogP contribution in [0.15, 0.2) is 41.9 Å². The highest BCUT2D eigenvalue weighted by Gasteiger charge is 2.19. The molecule has 148 valence electrons. The van der Waals surface area contributed by atoms with Crippen LogP contribution in [0.5, 0.6) is 5.75 Å². The average molecular weight is 474 g/mol. The molecule has 0 aliphatic heterocycles. The normalized spacial score (nSPS) is 11.7. The molecule has 2 N–H and O–H groups in total. The highest BCUT2D eigenvalue weighted by Crippen LogP contribution is 2.19. The van der Waals surface area contributed by atoms with E-state index in [2.05, 4.69) is 57.0 Å². The molecule has 0 heterocycles. The number of aliphatic imine (C=N–C) groups is 1. The minimum atomic E-state index is 0. The van der Waals surface area contributed by atoms with E-state index >= 15 is 0 Å². The second-order valence-corrected chi connectivity index (χ2v) is 7.16. The van der Waals surface area contributed by atoms with Crippen LogP contribution < -0.4 is 15.4 Å². The SMILES string of the molecule is C=CCOc1ccccc1CN=C(NCC)NCC(C)(C)CN(C)C.I. The Labute approximate surface area is 176 Å². The molecule has 1 rings (SSSR count). The number of hydrogen-bond acceptors (Lipinski definition) is 3. The van der Waals surface area contributed by atoms with Gasteiger partial charge in [0, 0.05) is 25.2 Å². The molecule has 26 heavy (non-hydrogen) atoms. The highest BCUT2D eigenvalue weighted by molar-refractivity contribution is 14.0. The van der Waals surface area contributed by atoms with Crippen LogP contribution in [0.2, 0.25) is 0 Å². The number of rotatable bonds is 10. The number of benzene rings is 1. The van der Waals surface area contributed by atoms with E-state index < -0.39 is 0 Å². The Balaban J connectivity index is 0.00000625. The van der Waals surface area contributed by atoms with Crippen LogP contribution in [0, 0.1) is 5.41 Å². The zero-order valence-electron chi connectivity index (χ0n) is 16.8. The van der Waals surface area contributed by atoms with Crippen LogP contribution in [0.4, 0.5) is 0 Å². The molecule has 5 nitrogen and oxygen atoms in total. The Hall–Kier alpha value is -1.28. The smallest absolute Gasteiger partial charge is 0.191 e. The first-order valence-electron chi connectivity index (χ1n) is 8.86. The van der Waals surface area contributed by atoms with Gasteiger partial charge in [0.25, 0.3) is 0 Å². The lowest BCUT2D eigenvalue weighted by Crippen LogP contribution is -2.44. The quantitative estimate of drug-likeness (QED) is 0.236. The molecule has 0 aromatic heterocycles. The average Bonchev–Trinajstić information content (AvgIpc) is 2.55. The van der Waals surface area contributed by atoms with E-state index in [1.165, 1.54) is 0 Å². The summed E-state index contributed by atoms with van der Waals surface area (Å²) < 4.78 is 5.70. The van der Waals surface area contributed by atoms with Gasteiger partial charge in [0.05, 0.1) is 6.54 Å². The summed E-state index contributed by atoms with van der Waals surface area (Å²) in [6.45, 7) is 14.0. The van der Waals surface area contributed by atoms with Crippen molar-refractivity contribution < 1.29 is 4.74 Å². The van der Waals surface area contributed by atoms with E-state index in [0.717, 1.165) is 36.9 Å². The van der Waals surface area contributed by atoms with E-state index in [4.69, 9.17) is 9.73 Å². The highest BCUT2D eigenvalue weighted by atomic mass is 127. The molecule has 0 radical (unpaired) electrons. The van der Waals surface area contributed by atoms with Crippen LogP contribution in [-0.4, -0.2) is 51.2 Å². The fourth-order valence-corrected chi connectivity index (χ4v) is 2.66. The van der Waals surface area contributed by atoms with E-state index in [-0.39, 0.29) is 29.4 Å². The summed E-state index contributed by atoms with van der Waals surface area (Å²) in [5.74, 6) is 1.68. The molecule has 0 aliphatic carbocycles. The lowest BCUT2D eigenvalue weighted by Gasteiger charge is -2.29. The molecule has 0 aliphatic rings. The lowest BCUT2D eigenvalue weighted by molar-refractivity contribution is 0.241. The molecule has 0 saturated carbocycles. The van der Waals surface area contributed by atoms with Crippen molar-refractivity contribution in [2.24, 2.45) is 10.4 Å². The summed E-state index contributed by atoms with van der Waals surface area (Å²) in [4.78, 5) is 6.92. The summed E-state index contributed by atoms with van der Waals surface area (Å²) in [7, 11) is 4.20. The maximum Gasteiger partial charge on any atom is 0.191 e. The molecular formula is C20H35IN4O. The number of para-hydroxylation sites is 1. The maximum absolute atomic E-state index is 5.70. The summed E-state index contributed by atoms with van der Waals surface area (Å²) in [6.07, 6.45) is 1.75. The van der Waals surface area contributed by atoms with Crippen molar-refractivity contribution in [3.63, 3.8) is 0 Å². The van der Waals surface area contributed by atoms with Gasteiger partial charge in [-0.05, 0) is 32.5 Å². The number of ether oxygens (including phenoxy) is 1. The molecule has 0 atom stereocenters. The third kappa shape index (κ3) is 10.0. The molecule has 0 saturated heterocycles. The van der Waals surface area contributed by atoms with Crippen LogP contribution in [0.3, 0.4) is 0 Å². The zero-order valence-corrected chi connectivity index (χ0v) is 19.2. The Morgan fingerprint density at radius 1 is 1.27 bits per heavy atom. The topological polar surface area (TPSA) is 48.9 Å². The molecule has 0 spiro atoms. The third-order valence-corrected chi connectivity index (χ3v) is 3.56. The largest absolute Gasteiger partial charge is 0.489 e. The van der Waals surface area contributed by atoms with E-state index in [9.17, 15) is 0 Å². The Kier molecular flexibility index (Phi) is 12.3. The van der Waals surface area contributed by atoms with Gasteiger partial charge in [-0.15, -0.1) is 24.0 Å². The molecule has 0 fully saturated rings. The van der Waals surface area contributed by atoms with Gasteiger partial charge in [-0.3, -0.25) is 0 Å². The van der Waals surface area contributed by atoms with Crippen molar-refractivity contribution in [3.05, 3.63) is 42.5 Å². The van der Waals surface area contributed by atoms with E-state index in [1.54, 1.807) is 6.08 Å².